The molecule has 0 aliphatic rings. The molecule has 0 heterocycles. The van der Waals surface area contributed by atoms with Gasteiger partial charge in [-0.3, -0.25) is 0 Å². The molecule has 0 bridgehead atoms. The molecule has 0 aromatic heterocycles. The zero-order valence-corrected chi connectivity index (χ0v) is 7.23. The maximum atomic E-state index is 5.14. The Morgan fingerprint density at radius 1 is 1.50 bits per heavy atom. The molecule has 0 spiro atoms. The minimum atomic E-state index is -1.72. The first-order chi connectivity index (χ1) is 1.73. The van der Waals surface area contributed by atoms with Crippen molar-refractivity contribution < 1.29 is 0 Å². The second kappa shape index (κ2) is 2.82. The Morgan fingerprint density at radius 3 is 1.50 bits per heavy atom. The molecule has 0 saturated heterocycles. The van der Waals surface area contributed by atoms with Crippen molar-refractivity contribution in [2.24, 2.45) is 0 Å². The second-order valence-corrected chi connectivity index (χ2v) is 17.2. The van der Waals surface area contributed by atoms with E-state index in [9.17, 15) is 0 Å². The van der Waals surface area contributed by atoms with Crippen molar-refractivity contribution >= 4 is 44.7 Å². The van der Waals surface area contributed by atoms with E-state index in [-0.39, 0.29) is 0 Å². The summed E-state index contributed by atoms with van der Waals surface area (Å²) in [6.45, 7) is 0. The molecule has 26 valence electrons. The van der Waals surface area contributed by atoms with Crippen molar-refractivity contribution in [3.05, 3.63) is 0 Å². The minimum absolute atomic E-state index is 1.72. The average molecular weight is 224 g/mol. The third kappa shape index (κ3) is 9.50. The molecule has 0 radical (unpaired) electrons. The predicted molar refractivity (Wildman–Crippen MR) is 27.8 cm³/mol. The summed E-state index contributed by atoms with van der Waals surface area (Å²) in [4.78, 5) is 0. The molecule has 0 N–H and O–H groups in total. The predicted octanol–water partition coefficient (Wildman–Crippen LogP) is 1.58. The van der Waals surface area contributed by atoms with Crippen LogP contribution in [0.5, 0.6) is 0 Å². The Bertz CT molecular complexity index is 10.8. The summed E-state index contributed by atoms with van der Waals surface area (Å²) in [6, 6.07) is 0. The average Bonchev–Trinajstić information content (AvgIpc) is 0.811. The topological polar surface area (TPSA) is 0 Å². The molecule has 0 aromatic carbocycles. The zero-order chi connectivity index (χ0) is 3.58. The van der Waals surface area contributed by atoms with Crippen LogP contribution in [0.3, 0.4) is 0 Å². The molecule has 0 amide bonds. The summed E-state index contributed by atoms with van der Waals surface area (Å²) in [5, 5.41) is 0. The van der Waals surface area contributed by atoms with E-state index in [4.69, 9.17) is 20.0 Å². The first-order valence-corrected chi connectivity index (χ1v) is 12.7. The molecule has 4 heavy (non-hydrogen) atoms. The molecule has 0 aliphatic carbocycles. The van der Waals surface area contributed by atoms with E-state index in [0.29, 0.717) is 0 Å². The first kappa shape index (κ1) is 5.60. The van der Waals surface area contributed by atoms with Crippen LogP contribution < -0.4 is 0 Å². The van der Waals surface area contributed by atoms with Gasteiger partial charge in [-0.05, 0) is 0 Å². The summed E-state index contributed by atoms with van der Waals surface area (Å²) < 4.78 is 0. The van der Waals surface area contributed by atoms with Crippen LogP contribution >= 0.6 is 34.0 Å². The molecule has 0 aromatic rings. The van der Waals surface area contributed by atoms with Crippen LogP contribution in [-0.2, 0) is 0 Å². The fraction of sp³-hybridized carbons (Fsp3) is 0. The Balaban J connectivity index is 2.32. The molecule has 0 unspecified atom stereocenters. The van der Waals surface area contributed by atoms with Crippen molar-refractivity contribution in [2.45, 2.75) is 0 Å². The monoisotopic (exact) mass is 224 g/mol. The quantitative estimate of drug-likeness (QED) is 0.548. The van der Waals surface area contributed by atoms with Gasteiger partial charge in [-0.15, -0.1) is 0 Å². The van der Waals surface area contributed by atoms with Gasteiger partial charge in [-0.25, -0.2) is 0 Å². The SMILES string of the molecule is [Cl][GeH]([Cl])[Br]. The summed E-state index contributed by atoms with van der Waals surface area (Å²) >= 11 is 2.99. The third-order valence-corrected chi connectivity index (χ3v) is 0. The van der Waals surface area contributed by atoms with E-state index in [2.05, 4.69) is 14.0 Å². The normalized spacial score (nSPS) is 9.00. The molecule has 0 saturated carbocycles. The van der Waals surface area contributed by atoms with E-state index < -0.39 is 10.6 Å². The van der Waals surface area contributed by atoms with Gasteiger partial charge in [0.25, 0.3) is 0 Å². The first-order valence-electron chi connectivity index (χ1n) is 0.655. The van der Waals surface area contributed by atoms with Crippen molar-refractivity contribution in [1.29, 1.82) is 0 Å². The van der Waals surface area contributed by atoms with Gasteiger partial charge in [0.1, 0.15) is 0 Å². The van der Waals surface area contributed by atoms with Crippen molar-refractivity contribution in [1.82, 2.24) is 0 Å². The molecule has 0 fully saturated rings. The number of rotatable bonds is 0. The van der Waals surface area contributed by atoms with Gasteiger partial charge < -0.3 is 0 Å². The van der Waals surface area contributed by atoms with E-state index in [0.717, 1.165) is 0 Å². The summed E-state index contributed by atoms with van der Waals surface area (Å²) in [7, 11) is 8.57. The summed E-state index contributed by atoms with van der Waals surface area (Å²) in [6.07, 6.45) is 0. The molecule has 0 aliphatic heterocycles. The van der Waals surface area contributed by atoms with Gasteiger partial charge in [-0.2, -0.15) is 0 Å². The van der Waals surface area contributed by atoms with E-state index in [1.54, 1.807) is 0 Å². The number of hydrogen-bond donors (Lipinski definition) is 0. The molecule has 0 rings (SSSR count). The van der Waals surface area contributed by atoms with Crippen LogP contribution in [0, 0.1) is 0 Å². The van der Waals surface area contributed by atoms with Gasteiger partial charge in [0.15, 0.2) is 0 Å². The van der Waals surface area contributed by atoms with Crippen LogP contribution in [0.1, 0.15) is 0 Å². The van der Waals surface area contributed by atoms with Gasteiger partial charge in [-0.1, -0.05) is 0 Å². The Labute approximate surface area is 44.6 Å². The van der Waals surface area contributed by atoms with Gasteiger partial charge in [0.2, 0.25) is 0 Å². The standard InChI is InChI=1S/BrCl2GeH/c1-4(2)3/h4H. The fourth-order valence-electron chi connectivity index (χ4n) is 0. The van der Waals surface area contributed by atoms with Gasteiger partial charge in [0.05, 0.1) is 0 Å². The van der Waals surface area contributed by atoms with Crippen molar-refractivity contribution in [3.63, 3.8) is 0 Å². The zero-order valence-electron chi connectivity index (χ0n) is 1.71. The Hall–Kier alpha value is 1.60. The number of hydrogen-bond acceptors (Lipinski definition) is 0. The van der Waals surface area contributed by atoms with Gasteiger partial charge in [0, 0.05) is 0 Å². The number of halogens is 3. The van der Waals surface area contributed by atoms with Crippen LogP contribution in [0.15, 0.2) is 0 Å². The maximum absolute atomic E-state index is 5.14. The second-order valence-electron chi connectivity index (χ2n) is 0.247. The van der Waals surface area contributed by atoms with E-state index in [1.165, 1.54) is 0 Å². The van der Waals surface area contributed by atoms with Crippen molar-refractivity contribution in [2.75, 3.05) is 0 Å². The molecule has 0 nitrogen and oxygen atoms in total. The van der Waals surface area contributed by atoms with Crippen LogP contribution in [0.25, 0.3) is 0 Å². The van der Waals surface area contributed by atoms with Crippen LogP contribution in [0.2, 0.25) is 0 Å². The molecule has 4 heteroatoms. The van der Waals surface area contributed by atoms with Crippen molar-refractivity contribution in [3.8, 4) is 0 Å². The third-order valence-electron chi connectivity index (χ3n) is 0. The van der Waals surface area contributed by atoms with E-state index >= 15 is 0 Å². The van der Waals surface area contributed by atoms with Gasteiger partial charge >= 0.3 is 44.7 Å². The summed E-state index contributed by atoms with van der Waals surface area (Å²) in [5.41, 5.74) is 0. The Kier molecular flexibility index (Phi) is 3.95. The summed E-state index contributed by atoms with van der Waals surface area (Å²) in [5.74, 6) is 0. The fourth-order valence-corrected chi connectivity index (χ4v) is 0. The van der Waals surface area contributed by atoms with Crippen LogP contribution in [0.4, 0.5) is 0 Å². The van der Waals surface area contributed by atoms with Crippen LogP contribution in [-0.4, -0.2) is 10.6 Å². The molecule has 0 atom stereocenters. The molecular formula is HBrCl2Ge. The molecular weight excluding hydrogens is 223 g/mol. The Morgan fingerprint density at radius 2 is 1.50 bits per heavy atom. The van der Waals surface area contributed by atoms with E-state index in [1.807, 2.05) is 0 Å².